The van der Waals surface area contributed by atoms with Crippen LogP contribution in [-0.4, -0.2) is 30.5 Å². The molecule has 86 valence electrons. The lowest BCUT2D eigenvalue weighted by molar-refractivity contribution is 0.0963. The van der Waals surface area contributed by atoms with Gasteiger partial charge in [-0.25, -0.2) is 4.79 Å². The summed E-state index contributed by atoms with van der Waals surface area (Å²) in [4.78, 5) is 13.1. The van der Waals surface area contributed by atoms with E-state index in [1.54, 1.807) is 4.90 Å². The lowest BCUT2D eigenvalue weighted by Crippen LogP contribution is -2.26. The summed E-state index contributed by atoms with van der Waals surface area (Å²) >= 11 is 3.37. The molecule has 1 heterocycles. The molecule has 2 rings (SSSR count). The second-order valence-corrected chi connectivity index (χ2v) is 4.65. The molecule has 1 aliphatic heterocycles. The van der Waals surface area contributed by atoms with Gasteiger partial charge in [-0.2, -0.15) is 0 Å². The van der Waals surface area contributed by atoms with Crippen molar-refractivity contribution < 1.29 is 14.6 Å². The number of nitrogens with zero attached hydrogens (tertiary/aromatic N) is 1. The van der Waals surface area contributed by atoms with Crippen molar-refractivity contribution in [1.29, 1.82) is 0 Å². The Morgan fingerprint density at radius 3 is 2.94 bits per heavy atom. The Bertz CT molecular complexity index is 422. The Morgan fingerprint density at radius 1 is 1.62 bits per heavy atom. The van der Waals surface area contributed by atoms with Crippen LogP contribution in [0, 0.1) is 6.92 Å². The van der Waals surface area contributed by atoms with Crippen molar-refractivity contribution in [1.82, 2.24) is 0 Å². The van der Waals surface area contributed by atoms with Crippen LogP contribution in [0.4, 0.5) is 10.5 Å². The number of cyclic esters (lactones) is 1. The van der Waals surface area contributed by atoms with E-state index in [9.17, 15) is 4.79 Å². The fraction of sp³-hybridized carbons (Fsp3) is 0.364. The molecule has 1 aromatic rings. The van der Waals surface area contributed by atoms with Crippen LogP contribution in [0.5, 0.6) is 0 Å². The van der Waals surface area contributed by atoms with E-state index in [0.717, 1.165) is 15.7 Å². The van der Waals surface area contributed by atoms with Gasteiger partial charge < -0.3 is 9.84 Å². The first-order chi connectivity index (χ1) is 7.61. The number of aliphatic hydroxyl groups excluding tert-OH is 1. The van der Waals surface area contributed by atoms with E-state index < -0.39 is 12.2 Å². The molecule has 1 atom stereocenters. The average molecular weight is 286 g/mol. The fourth-order valence-corrected chi connectivity index (χ4v) is 2.21. The maximum Gasteiger partial charge on any atom is 0.414 e. The van der Waals surface area contributed by atoms with Gasteiger partial charge >= 0.3 is 6.09 Å². The van der Waals surface area contributed by atoms with Crippen LogP contribution in [-0.2, 0) is 4.74 Å². The monoisotopic (exact) mass is 285 g/mol. The highest BCUT2D eigenvalue weighted by Crippen LogP contribution is 2.27. The molecule has 0 radical (unpaired) electrons. The number of ether oxygens (including phenoxy) is 1. The van der Waals surface area contributed by atoms with E-state index in [0.29, 0.717) is 6.54 Å². The SMILES string of the molecule is Cc1cc(Br)ccc1N1C[C@H](CO)OC1=O. The topological polar surface area (TPSA) is 49.8 Å². The summed E-state index contributed by atoms with van der Waals surface area (Å²) < 4.78 is 5.96. The minimum atomic E-state index is -0.421. The number of hydrogen-bond donors (Lipinski definition) is 1. The first-order valence-electron chi connectivity index (χ1n) is 4.97. The Morgan fingerprint density at radius 2 is 2.38 bits per heavy atom. The summed E-state index contributed by atoms with van der Waals surface area (Å²) in [5.41, 5.74) is 1.81. The average Bonchev–Trinajstić information content (AvgIpc) is 2.60. The van der Waals surface area contributed by atoms with Gasteiger partial charge in [-0.3, -0.25) is 4.90 Å². The molecule has 1 amide bonds. The highest BCUT2D eigenvalue weighted by Gasteiger charge is 2.32. The van der Waals surface area contributed by atoms with Crippen molar-refractivity contribution in [3.05, 3.63) is 28.2 Å². The highest BCUT2D eigenvalue weighted by atomic mass is 79.9. The quantitative estimate of drug-likeness (QED) is 0.905. The number of halogens is 1. The molecular formula is C11H12BrNO3. The maximum absolute atomic E-state index is 11.6. The number of rotatable bonds is 2. The number of aliphatic hydroxyl groups is 1. The maximum atomic E-state index is 11.6. The summed E-state index contributed by atoms with van der Waals surface area (Å²) in [6.45, 7) is 2.19. The van der Waals surface area contributed by atoms with E-state index in [-0.39, 0.29) is 6.61 Å². The van der Waals surface area contributed by atoms with E-state index in [1.807, 2.05) is 25.1 Å². The molecule has 1 saturated heterocycles. The van der Waals surface area contributed by atoms with Crippen LogP contribution < -0.4 is 4.90 Å². The van der Waals surface area contributed by atoms with Gasteiger partial charge in [0.25, 0.3) is 0 Å². The zero-order valence-electron chi connectivity index (χ0n) is 8.81. The highest BCUT2D eigenvalue weighted by molar-refractivity contribution is 9.10. The minimum Gasteiger partial charge on any atom is -0.441 e. The first-order valence-corrected chi connectivity index (χ1v) is 5.76. The van der Waals surface area contributed by atoms with E-state index in [1.165, 1.54) is 0 Å². The van der Waals surface area contributed by atoms with E-state index >= 15 is 0 Å². The molecule has 0 spiro atoms. The zero-order valence-corrected chi connectivity index (χ0v) is 10.4. The molecule has 1 aliphatic rings. The van der Waals surface area contributed by atoms with Crippen LogP contribution in [0.25, 0.3) is 0 Å². The molecule has 0 aromatic heterocycles. The Kier molecular flexibility index (Phi) is 3.16. The summed E-state index contributed by atoms with van der Waals surface area (Å²) in [6.07, 6.45) is -0.819. The van der Waals surface area contributed by atoms with Gasteiger partial charge in [0.1, 0.15) is 6.10 Å². The first kappa shape index (κ1) is 11.4. The number of benzene rings is 1. The van der Waals surface area contributed by atoms with Gasteiger partial charge in [0, 0.05) is 4.47 Å². The van der Waals surface area contributed by atoms with Crippen LogP contribution in [0.15, 0.2) is 22.7 Å². The third-order valence-corrected chi connectivity index (χ3v) is 3.02. The van der Waals surface area contributed by atoms with Gasteiger partial charge in [0.05, 0.1) is 18.8 Å². The van der Waals surface area contributed by atoms with Gasteiger partial charge in [-0.15, -0.1) is 0 Å². The number of carbonyl (C=O) groups is 1. The summed E-state index contributed by atoms with van der Waals surface area (Å²) in [5, 5.41) is 8.95. The van der Waals surface area contributed by atoms with Crippen molar-refractivity contribution in [3.63, 3.8) is 0 Å². The van der Waals surface area contributed by atoms with Gasteiger partial charge in [-0.05, 0) is 30.7 Å². The fourth-order valence-electron chi connectivity index (χ4n) is 1.74. The second-order valence-electron chi connectivity index (χ2n) is 3.73. The predicted octanol–water partition coefficient (Wildman–Crippen LogP) is 2.08. The molecule has 5 heteroatoms. The summed E-state index contributed by atoms with van der Waals surface area (Å²) in [7, 11) is 0. The van der Waals surface area contributed by atoms with Crippen molar-refractivity contribution >= 4 is 27.7 Å². The third-order valence-electron chi connectivity index (χ3n) is 2.53. The number of aryl methyl sites for hydroxylation is 1. The van der Waals surface area contributed by atoms with Gasteiger partial charge in [0.15, 0.2) is 0 Å². The molecule has 0 saturated carbocycles. The van der Waals surface area contributed by atoms with Crippen LogP contribution in [0.2, 0.25) is 0 Å². The van der Waals surface area contributed by atoms with Gasteiger partial charge in [0.2, 0.25) is 0 Å². The molecule has 1 fully saturated rings. The molecule has 1 aromatic carbocycles. The van der Waals surface area contributed by atoms with Gasteiger partial charge in [-0.1, -0.05) is 15.9 Å². The lowest BCUT2D eigenvalue weighted by Gasteiger charge is -2.15. The van der Waals surface area contributed by atoms with Crippen LogP contribution >= 0.6 is 15.9 Å². The predicted molar refractivity (Wildman–Crippen MR) is 63.6 cm³/mol. The number of carbonyl (C=O) groups excluding carboxylic acids is 1. The van der Waals surface area contributed by atoms with Crippen molar-refractivity contribution in [2.45, 2.75) is 13.0 Å². The van der Waals surface area contributed by atoms with Crippen LogP contribution in [0.1, 0.15) is 5.56 Å². The molecule has 0 bridgehead atoms. The Balaban J connectivity index is 2.28. The minimum absolute atomic E-state index is 0.141. The van der Waals surface area contributed by atoms with E-state index in [4.69, 9.17) is 9.84 Å². The molecule has 1 N–H and O–H groups in total. The summed E-state index contributed by atoms with van der Waals surface area (Å²) in [5.74, 6) is 0. The zero-order chi connectivity index (χ0) is 11.7. The molecule has 0 aliphatic carbocycles. The number of amides is 1. The molecular weight excluding hydrogens is 274 g/mol. The van der Waals surface area contributed by atoms with Crippen molar-refractivity contribution in [2.75, 3.05) is 18.1 Å². The third kappa shape index (κ3) is 2.05. The lowest BCUT2D eigenvalue weighted by atomic mass is 10.2. The number of hydrogen-bond acceptors (Lipinski definition) is 3. The Hall–Kier alpha value is -1.07. The largest absolute Gasteiger partial charge is 0.441 e. The van der Waals surface area contributed by atoms with Crippen molar-refractivity contribution in [3.8, 4) is 0 Å². The van der Waals surface area contributed by atoms with E-state index in [2.05, 4.69) is 15.9 Å². The van der Waals surface area contributed by atoms with Crippen LogP contribution in [0.3, 0.4) is 0 Å². The second kappa shape index (κ2) is 4.43. The molecule has 16 heavy (non-hydrogen) atoms. The number of anilines is 1. The molecule has 0 unspecified atom stereocenters. The smallest absolute Gasteiger partial charge is 0.414 e. The summed E-state index contributed by atoms with van der Waals surface area (Å²) in [6, 6.07) is 5.68. The normalized spacial score (nSPS) is 20.1. The Labute approximate surface area is 102 Å². The van der Waals surface area contributed by atoms with Crippen molar-refractivity contribution in [2.24, 2.45) is 0 Å². The molecule has 4 nitrogen and oxygen atoms in total. The standard InChI is InChI=1S/C11H12BrNO3/c1-7-4-8(12)2-3-10(7)13-5-9(6-14)16-11(13)15/h2-4,9,14H,5-6H2,1H3/t9-/m1/s1.